The molecular formula is C17H18N4. The lowest BCUT2D eigenvalue weighted by Crippen LogP contribution is -2.43. The number of hydrogen-bond donors (Lipinski definition) is 2. The summed E-state index contributed by atoms with van der Waals surface area (Å²) in [5.74, 6) is 0.830. The quantitative estimate of drug-likeness (QED) is 0.886. The molecule has 2 aliphatic heterocycles. The summed E-state index contributed by atoms with van der Waals surface area (Å²) in [5.41, 5.74) is 1.58. The van der Waals surface area contributed by atoms with Crippen LogP contribution in [0.5, 0.6) is 0 Å². The Balaban J connectivity index is 1.63. The first-order valence-electron chi connectivity index (χ1n) is 7.64. The van der Waals surface area contributed by atoms with Crippen molar-refractivity contribution in [2.75, 3.05) is 5.32 Å². The molecule has 0 spiro atoms. The fourth-order valence-corrected chi connectivity index (χ4v) is 3.73. The minimum Gasteiger partial charge on any atom is -0.367 e. The summed E-state index contributed by atoms with van der Waals surface area (Å²) in [4.78, 5) is 4.67. The van der Waals surface area contributed by atoms with Crippen LogP contribution in [0.25, 0.3) is 10.9 Å². The number of pyridine rings is 1. The molecule has 2 saturated heterocycles. The molecule has 0 amide bonds. The highest BCUT2D eigenvalue weighted by Crippen LogP contribution is 2.29. The lowest BCUT2D eigenvalue weighted by atomic mass is 10.00. The molecule has 4 nitrogen and oxygen atoms in total. The minimum atomic E-state index is 0.462. The Morgan fingerprint density at radius 3 is 2.71 bits per heavy atom. The largest absolute Gasteiger partial charge is 0.367 e. The molecule has 21 heavy (non-hydrogen) atoms. The van der Waals surface area contributed by atoms with Gasteiger partial charge in [-0.3, -0.25) is 0 Å². The molecule has 106 valence electrons. The van der Waals surface area contributed by atoms with Gasteiger partial charge in [-0.15, -0.1) is 0 Å². The van der Waals surface area contributed by atoms with E-state index in [0.29, 0.717) is 23.7 Å². The molecular weight excluding hydrogens is 260 g/mol. The number of anilines is 1. The van der Waals surface area contributed by atoms with Gasteiger partial charge in [-0.05, 0) is 37.8 Å². The SMILES string of the molecule is N#Cc1cc(NC2CC3CCC(C2)N3)nc2ccccc12. The zero-order valence-corrected chi connectivity index (χ0v) is 11.8. The number of nitrogens with zero attached hydrogens (tertiary/aromatic N) is 2. The zero-order valence-electron chi connectivity index (χ0n) is 11.8. The number of para-hydroxylation sites is 1. The maximum absolute atomic E-state index is 9.34. The third-order valence-electron chi connectivity index (χ3n) is 4.66. The van der Waals surface area contributed by atoms with Crippen LogP contribution in [0.15, 0.2) is 30.3 Å². The molecule has 2 aromatic rings. The van der Waals surface area contributed by atoms with E-state index in [1.165, 1.54) is 12.8 Å². The van der Waals surface area contributed by atoms with Crippen LogP contribution in [-0.2, 0) is 0 Å². The molecule has 2 unspecified atom stereocenters. The maximum Gasteiger partial charge on any atom is 0.128 e. The first-order chi connectivity index (χ1) is 10.3. The average Bonchev–Trinajstić information content (AvgIpc) is 2.85. The fourth-order valence-electron chi connectivity index (χ4n) is 3.73. The molecule has 0 aliphatic carbocycles. The molecule has 4 heteroatoms. The van der Waals surface area contributed by atoms with E-state index in [2.05, 4.69) is 21.7 Å². The number of nitriles is 1. The van der Waals surface area contributed by atoms with Crippen molar-refractivity contribution in [1.82, 2.24) is 10.3 Å². The van der Waals surface area contributed by atoms with Gasteiger partial charge in [-0.25, -0.2) is 4.98 Å². The van der Waals surface area contributed by atoms with Crippen molar-refractivity contribution in [3.8, 4) is 6.07 Å². The van der Waals surface area contributed by atoms with Crippen molar-refractivity contribution in [3.63, 3.8) is 0 Å². The highest BCUT2D eigenvalue weighted by molar-refractivity contribution is 5.86. The lowest BCUT2D eigenvalue weighted by molar-refractivity contribution is 0.378. The van der Waals surface area contributed by atoms with Gasteiger partial charge in [0.15, 0.2) is 0 Å². The van der Waals surface area contributed by atoms with Gasteiger partial charge in [-0.2, -0.15) is 5.26 Å². The summed E-state index contributed by atoms with van der Waals surface area (Å²) in [7, 11) is 0. The number of piperidine rings is 1. The summed E-state index contributed by atoms with van der Waals surface area (Å²) in [6.45, 7) is 0. The van der Waals surface area contributed by atoms with E-state index in [1.54, 1.807) is 0 Å². The number of hydrogen-bond acceptors (Lipinski definition) is 4. The predicted octanol–water partition coefficient (Wildman–Crippen LogP) is 2.80. The average molecular weight is 278 g/mol. The topological polar surface area (TPSA) is 60.7 Å². The molecule has 2 atom stereocenters. The third kappa shape index (κ3) is 2.34. The van der Waals surface area contributed by atoms with Gasteiger partial charge in [0.2, 0.25) is 0 Å². The van der Waals surface area contributed by atoms with Crippen LogP contribution in [0.4, 0.5) is 5.82 Å². The van der Waals surface area contributed by atoms with E-state index in [0.717, 1.165) is 29.6 Å². The number of fused-ring (bicyclic) bond motifs is 3. The molecule has 1 aromatic heterocycles. The van der Waals surface area contributed by atoms with Gasteiger partial charge >= 0.3 is 0 Å². The van der Waals surface area contributed by atoms with E-state index >= 15 is 0 Å². The minimum absolute atomic E-state index is 0.462. The molecule has 4 rings (SSSR count). The summed E-state index contributed by atoms with van der Waals surface area (Å²) < 4.78 is 0. The van der Waals surface area contributed by atoms with Crippen molar-refractivity contribution in [3.05, 3.63) is 35.9 Å². The summed E-state index contributed by atoms with van der Waals surface area (Å²) in [6, 6.07) is 13.8. The van der Waals surface area contributed by atoms with Crippen LogP contribution in [0, 0.1) is 11.3 Å². The van der Waals surface area contributed by atoms with Crippen molar-refractivity contribution >= 4 is 16.7 Å². The molecule has 1 aromatic carbocycles. The van der Waals surface area contributed by atoms with Crippen LogP contribution in [-0.4, -0.2) is 23.1 Å². The van der Waals surface area contributed by atoms with Crippen LogP contribution in [0.1, 0.15) is 31.2 Å². The fraction of sp³-hybridized carbons (Fsp3) is 0.412. The number of aromatic nitrogens is 1. The van der Waals surface area contributed by atoms with Gasteiger partial charge in [0.1, 0.15) is 5.82 Å². The Morgan fingerprint density at radius 2 is 1.95 bits per heavy atom. The molecule has 0 saturated carbocycles. The van der Waals surface area contributed by atoms with Gasteiger partial charge < -0.3 is 10.6 Å². The standard InChI is InChI=1S/C17H18N4/c18-10-11-7-17(21-16-4-2-1-3-15(11)16)20-14-8-12-5-6-13(9-14)19-12/h1-4,7,12-14,19H,5-6,8-9H2,(H,20,21). The molecule has 2 fully saturated rings. The first kappa shape index (κ1) is 12.6. The monoisotopic (exact) mass is 278 g/mol. The van der Waals surface area contributed by atoms with E-state index in [-0.39, 0.29) is 0 Å². The molecule has 2 aliphatic rings. The van der Waals surface area contributed by atoms with Gasteiger partial charge in [0.05, 0.1) is 17.1 Å². The van der Waals surface area contributed by atoms with Crippen molar-refractivity contribution in [2.45, 2.75) is 43.8 Å². The predicted molar refractivity (Wildman–Crippen MR) is 83.0 cm³/mol. The Labute approximate surface area is 124 Å². The van der Waals surface area contributed by atoms with Crippen LogP contribution in [0.2, 0.25) is 0 Å². The Hall–Kier alpha value is -2.12. The van der Waals surface area contributed by atoms with E-state index in [1.807, 2.05) is 30.3 Å². The van der Waals surface area contributed by atoms with Gasteiger partial charge in [0, 0.05) is 23.5 Å². The zero-order chi connectivity index (χ0) is 14.2. The lowest BCUT2D eigenvalue weighted by Gasteiger charge is -2.30. The summed E-state index contributed by atoms with van der Waals surface area (Å²) >= 11 is 0. The molecule has 2 N–H and O–H groups in total. The van der Waals surface area contributed by atoms with E-state index in [9.17, 15) is 5.26 Å². The van der Waals surface area contributed by atoms with Gasteiger partial charge in [-0.1, -0.05) is 18.2 Å². The number of nitrogens with one attached hydrogen (secondary N) is 2. The molecule has 2 bridgehead atoms. The molecule has 0 radical (unpaired) electrons. The van der Waals surface area contributed by atoms with Crippen LogP contribution >= 0.6 is 0 Å². The second-order valence-corrected chi connectivity index (χ2v) is 6.13. The van der Waals surface area contributed by atoms with Crippen molar-refractivity contribution in [1.29, 1.82) is 5.26 Å². The Bertz CT molecular complexity index is 706. The van der Waals surface area contributed by atoms with Crippen molar-refractivity contribution < 1.29 is 0 Å². The van der Waals surface area contributed by atoms with Gasteiger partial charge in [0.25, 0.3) is 0 Å². The van der Waals surface area contributed by atoms with E-state index in [4.69, 9.17) is 0 Å². The third-order valence-corrected chi connectivity index (χ3v) is 4.66. The normalized spacial score (nSPS) is 27.5. The highest BCUT2D eigenvalue weighted by Gasteiger charge is 2.33. The van der Waals surface area contributed by atoms with Crippen LogP contribution < -0.4 is 10.6 Å². The maximum atomic E-state index is 9.34. The molecule has 3 heterocycles. The number of rotatable bonds is 2. The number of benzene rings is 1. The Morgan fingerprint density at radius 1 is 1.19 bits per heavy atom. The Kier molecular flexibility index (Phi) is 3.01. The van der Waals surface area contributed by atoms with Crippen molar-refractivity contribution in [2.24, 2.45) is 0 Å². The summed E-state index contributed by atoms with van der Waals surface area (Å²) in [5, 5.41) is 17.5. The smallest absolute Gasteiger partial charge is 0.128 e. The highest BCUT2D eigenvalue weighted by atomic mass is 15.1. The first-order valence-corrected chi connectivity index (χ1v) is 7.64. The second kappa shape index (κ2) is 5.01. The van der Waals surface area contributed by atoms with Crippen LogP contribution in [0.3, 0.4) is 0 Å². The van der Waals surface area contributed by atoms with E-state index < -0.39 is 0 Å². The summed E-state index contributed by atoms with van der Waals surface area (Å²) in [6.07, 6.45) is 4.87. The second-order valence-electron chi connectivity index (χ2n) is 6.13.